The van der Waals surface area contributed by atoms with Gasteiger partial charge in [0.1, 0.15) is 0 Å². The first-order chi connectivity index (χ1) is 15.4. The Morgan fingerprint density at radius 2 is 1.81 bits per heavy atom. The van der Waals surface area contributed by atoms with Crippen LogP contribution >= 0.6 is 35.0 Å². The third-order valence-corrected chi connectivity index (χ3v) is 6.25. The van der Waals surface area contributed by atoms with E-state index in [0.717, 1.165) is 28.5 Å². The number of hydrogen-bond acceptors (Lipinski definition) is 5. The molecule has 0 N–H and O–H groups in total. The van der Waals surface area contributed by atoms with Crippen LogP contribution in [0, 0.1) is 0 Å². The van der Waals surface area contributed by atoms with Crippen molar-refractivity contribution in [2.24, 2.45) is 0 Å². The Morgan fingerprint density at radius 3 is 2.47 bits per heavy atom. The molecule has 0 bridgehead atoms. The van der Waals surface area contributed by atoms with E-state index < -0.39 is 0 Å². The van der Waals surface area contributed by atoms with E-state index in [0.29, 0.717) is 46.1 Å². The molecule has 0 atom stereocenters. The number of rotatable bonds is 9. The van der Waals surface area contributed by atoms with Gasteiger partial charge in [0.15, 0.2) is 11.5 Å². The molecule has 3 rings (SSSR count). The van der Waals surface area contributed by atoms with Crippen molar-refractivity contribution in [1.29, 1.82) is 0 Å². The zero-order valence-corrected chi connectivity index (χ0v) is 20.1. The second kappa shape index (κ2) is 10.9. The van der Waals surface area contributed by atoms with Gasteiger partial charge in [0.05, 0.1) is 34.7 Å². The third kappa shape index (κ3) is 5.49. The van der Waals surface area contributed by atoms with Crippen LogP contribution in [0.1, 0.15) is 30.5 Å². The summed E-state index contributed by atoms with van der Waals surface area (Å²) in [5.74, 6) is 0.900. The molecule has 1 aliphatic heterocycles. The molecule has 0 radical (unpaired) electrons. The van der Waals surface area contributed by atoms with Gasteiger partial charge in [-0.2, -0.15) is 0 Å². The molecule has 0 aliphatic carbocycles. The number of carbonyl (C=O) groups excluding carboxylic acids is 2. The van der Waals surface area contributed by atoms with Crippen molar-refractivity contribution in [3.8, 4) is 11.5 Å². The van der Waals surface area contributed by atoms with Crippen LogP contribution in [0.5, 0.6) is 11.5 Å². The Labute approximate surface area is 202 Å². The molecule has 0 spiro atoms. The molecule has 1 heterocycles. The lowest BCUT2D eigenvalue weighted by Crippen LogP contribution is -2.27. The maximum absolute atomic E-state index is 13.0. The van der Waals surface area contributed by atoms with E-state index in [1.165, 1.54) is 4.90 Å². The Kier molecular flexibility index (Phi) is 8.29. The molecule has 168 valence electrons. The number of hydrogen-bond donors (Lipinski definition) is 0. The lowest BCUT2D eigenvalue weighted by molar-refractivity contribution is -0.123. The second-order valence-corrected chi connectivity index (χ2v) is 8.69. The van der Waals surface area contributed by atoms with E-state index in [1.54, 1.807) is 30.4 Å². The molecule has 8 heteroatoms. The normalized spacial score (nSPS) is 14.9. The SMILES string of the molecule is C=CCc1cc(/C=C2\SC(=O)N(Cc3ccc(Cl)c(Cl)c3)C2=O)cc(OCC)c1OCC. The maximum atomic E-state index is 13.0. The highest BCUT2D eigenvalue weighted by Gasteiger charge is 2.35. The lowest BCUT2D eigenvalue weighted by Gasteiger charge is -2.16. The van der Waals surface area contributed by atoms with Crippen LogP contribution < -0.4 is 9.47 Å². The first-order valence-electron chi connectivity index (χ1n) is 10.1. The fraction of sp³-hybridized carbons (Fsp3) is 0.250. The highest BCUT2D eigenvalue weighted by Crippen LogP contribution is 2.38. The van der Waals surface area contributed by atoms with E-state index in [1.807, 2.05) is 26.0 Å². The molecular formula is C24H23Cl2NO4S. The predicted octanol–water partition coefficient (Wildman–Crippen LogP) is 6.76. The molecule has 32 heavy (non-hydrogen) atoms. The van der Waals surface area contributed by atoms with Gasteiger partial charge in [0.2, 0.25) is 0 Å². The Hall–Kier alpha value is -2.41. The van der Waals surface area contributed by atoms with Crippen molar-refractivity contribution < 1.29 is 19.1 Å². The number of ether oxygens (including phenoxy) is 2. The van der Waals surface area contributed by atoms with Crippen LogP contribution in [0.3, 0.4) is 0 Å². The maximum Gasteiger partial charge on any atom is 0.293 e. The summed E-state index contributed by atoms with van der Waals surface area (Å²) < 4.78 is 11.6. The van der Waals surface area contributed by atoms with Crippen molar-refractivity contribution in [3.05, 3.63) is 74.6 Å². The number of carbonyl (C=O) groups is 2. The van der Waals surface area contributed by atoms with Crippen molar-refractivity contribution in [1.82, 2.24) is 4.90 Å². The molecule has 2 aromatic rings. The van der Waals surface area contributed by atoms with Crippen LogP contribution in [0.4, 0.5) is 4.79 Å². The summed E-state index contributed by atoms with van der Waals surface area (Å²) >= 11 is 12.9. The minimum Gasteiger partial charge on any atom is -0.490 e. The minimum absolute atomic E-state index is 0.119. The van der Waals surface area contributed by atoms with E-state index in [4.69, 9.17) is 32.7 Å². The smallest absolute Gasteiger partial charge is 0.293 e. The largest absolute Gasteiger partial charge is 0.490 e. The van der Waals surface area contributed by atoms with Gasteiger partial charge in [-0.05, 0) is 73.5 Å². The number of benzene rings is 2. The van der Waals surface area contributed by atoms with E-state index in [9.17, 15) is 9.59 Å². The van der Waals surface area contributed by atoms with Crippen molar-refractivity contribution >= 4 is 52.2 Å². The zero-order valence-electron chi connectivity index (χ0n) is 17.8. The molecule has 0 aromatic heterocycles. The molecule has 1 aliphatic rings. The van der Waals surface area contributed by atoms with Crippen molar-refractivity contribution in [2.75, 3.05) is 13.2 Å². The quantitative estimate of drug-likeness (QED) is 0.286. The zero-order chi connectivity index (χ0) is 23.3. The Morgan fingerprint density at radius 1 is 1.06 bits per heavy atom. The standard InChI is InChI=1S/C24H23Cl2NO4S/c1-4-7-17-10-16(12-20(30-5-2)22(17)31-6-3)13-21-23(28)27(24(29)32-21)14-15-8-9-18(25)19(26)11-15/h4,8-13H,1,5-7,14H2,2-3H3/b21-13-. The fourth-order valence-electron chi connectivity index (χ4n) is 3.25. The van der Waals surface area contributed by atoms with Crippen LogP contribution in [-0.4, -0.2) is 29.3 Å². The number of imide groups is 1. The van der Waals surface area contributed by atoms with Crippen LogP contribution in [0.2, 0.25) is 10.0 Å². The summed E-state index contributed by atoms with van der Waals surface area (Å²) in [7, 11) is 0. The van der Waals surface area contributed by atoms with Gasteiger partial charge < -0.3 is 9.47 Å². The van der Waals surface area contributed by atoms with E-state index in [-0.39, 0.29) is 17.7 Å². The molecule has 2 amide bonds. The molecule has 2 aromatic carbocycles. The molecule has 5 nitrogen and oxygen atoms in total. The van der Waals surface area contributed by atoms with Gasteiger partial charge in [0, 0.05) is 5.56 Å². The molecular weight excluding hydrogens is 469 g/mol. The molecule has 0 unspecified atom stereocenters. The lowest BCUT2D eigenvalue weighted by atomic mass is 10.0. The number of thioether (sulfide) groups is 1. The minimum atomic E-state index is -0.358. The summed E-state index contributed by atoms with van der Waals surface area (Å²) in [6, 6.07) is 8.77. The van der Waals surface area contributed by atoms with Crippen LogP contribution in [0.15, 0.2) is 47.9 Å². The van der Waals surface area contributed by atoms with E-state index >= 15 is 0 Å². The summed E-state index contributed by atoms with van der Waals surface area (Å²) in [5.41, 5.74) is 2.36. The summed E-state index contributed by atoms with van der Waals surface area (Å²) in [6.07, 6.45) is 4.06. The average molecular weight is 492 g/mol. The van der Waals surface area contributed by atoms with Crippen molar-refractivity contribution in [3.63, 3.8) is 0 Å². The third-order valence-electron chi connectivity index (χ3n) is 4.60. The molecule has 1 saturated heterocycles. The summed E-state index contributed by atoms with van der Waals surface area (Å²) in [5, 5.41) is 0.453. The Balaban J connectivity index is 1.91. The van der Waals surface area contributed by atoms with Gasteiger partial charge in [-0.15, -0.1) is 6.58 Å². The van der Waals surface area contributed by atoms with Gasteiger partial charge in [0.25, 0.3) is 11.1 Å². The van der Waals surface area contributed by atoms with Gasteiger partial charge >= 0.3 is 0 Å². The Bertz CT molecular complexity index is 1080. The van der Waals surface area contributed by atoms with Gasteiger partial charge in [-0.25, -0.2) is 0 Å². The second-order valence-electron chi connectivity index (χ2n) is 6.88. The number of allylic oxidation sites excluding steroid dienone is 1. The topological polar surface area (TPSA) is 55.8 Å². The summed E-state index contributed by atoms with van der Waals surface area (Å²) in [4.78, 5) is 27.0. The fourth-order valence-corrected chi connectivity index (χ4v) is 4.41. The summed E-state index contributed by atoms with van der Waals surface area (Å²) in [6.45, 7) is 8.70. The highest BCUT2D eigenvalue weighted by atomic mass is 35.5. The van der Waals surface area contributed by atoms with Crippen LogP contribution in [0.25, 0.3) is 6.08 Å². The molecule has 0 saturated carbocycles. The number of halogens is 2. The average Bonchev–Trinajstić information content (AvgIpc) is 3.01. The number of nitrogens with zero attached hydrogens (tertiary/aromatic N) is 1. The van der Waals surface area contributed by atoms with E-state index in [2.05, 4.69) is 6.58 Å². The monoisotopic (exact) mass is 491 g/mol. The first-order valence-corrected chi connectivity index (χ1v) is 11.7. The molecule has 1 fully saturated rings. The highest BCUT2D eigenvalue weighted by molar-refractivity contribution is 8.18. The number of amides is 2. The van der Waals surface area contributed by atoms with Gasteiger partial charge in [-0.1, -0.05) is 35.3 Å². The van der Waals surface area contributed by atoms with Gasteiger partial charge in [-0.3, -0.25) is 14.5 Å². The first kappa shape index (κ1) is 24.2. The van der Waals surface area contributed by atoms with Crippen molar-refractivity contribution in [2.45, 2.75) is 26.8 Å². The predicted molar refractivity (Wildman–Crippen MR) is 131 cm³/mol. The van der Waals surface area contributed by atoms with Crippen LogP contribution in [-0.2, 0) is 17.8 Å².